The normalized spacial score (nSPS) is 10.6. The summed E-state index contributed by atoms with van der Waals surface area (Å²) in [6.45, 7) is 0. The SMILES string of the molecule is c1ccc(-c2cccc(Nc3ccccc3-c3ccccc3-c3ccccc3)c2)cc1. The molecule has 1 nitrogen and oxygen atoms in total. The lowest BCUT2D eigenvalue weighted by molar-refractivity contribution is 1.52. The van der Waals surface area contributed by atoms with Gasteiger partial charge < -0.3 is 5.32 Å². The van der Waals surface area contributed by atoms with Crippen LogP contribution < -0.4 is 5.32 Å². The minimum Gasteiger partial charge on any atom is -0.355 e. The van der Waals surface area contributed by atoms with E-state index in [2.05, 4.69) is 133 Å². The molecule has 0 spiro atoms. The highest BCUT2D eigenvalue weighted by molar-refractivity contribution is 5.90. The molecule has 0 aliphatic heterocycles. The van der Waals surface area contributed by atoms with Crippen molar-refractivity contribution < 1.29 is 0 Å². The number of anilines is 2. The maximum Gasteiger partial charge on any atom is 0.0464 e. The molecule has 0 aromatic heterocycles. The highest BCUT2D eigenvalue weighted by atomic mass is 14.9. The van der Waals surface area contributed by atoms with Gasteiger partial charge in [-0.05, 0) is 46.0 Å². The molecule has 0 fully saturated rings. The Labute approximate surface area is 183 Å². The van der Waals surface area contributed by atoms with Crippen LogP contribution in [-0.4, -0.2) is 0 Å². The molecule has 0 aliphatic rings. The molecular weight excluding hydrogens is 374 g/mol. The van der Waals surface area contributed by atoms with Crippen LogP contribution in [0.3, 0.4) is 0 Å². The molecule has 0 unspecified atom stereocenters. The molecule has 5 aromatic carbocycles. The average molecular weight is 398 g/mol. The summed E-state index contributed by atoms with van der Waals surface area (Å²) in [7, 11) is 0. The Morgan fingerprint density at radius 2 is 0.903 bits per heavy atom. The summed E-state index contributed by atoms with van der Waals surface area (Å²) in [6, 6.07) is 46.7. The van der Waals surface area contributed by atoms with Gasteiger partial charge in [-0.25, -0.2) is 0 Å². The third-order valence-electron chi connectivity index (χ3n) is 5.48. The first kappa shape index (κ1) is 18.9. The quantitative estimate of drug-likeness (QED) is 0.314. The van der Waals surface area contributed by atoms with E-state index in [1.54, 1.807) is 0 Å². The number of para-hydroxylation sites is 1. The molecule has 1 N–H and O–H groups in total. The zero-order valence-corrected chi connectivity index (χ0v) is 17.2. The topological polar surface area (TPSA) is 12.0 Å². The van der Waals surface area contributed by atoms with Gasteiger partial charge in [-0.15, -0.1) is 0 Å². The second-order valence-electron chi connectivity index (χ2n) is 7.53. The summed E-state index contributed by atoms with van der Waals surface area (Å²) in [6.07, 6.45) is 0. The predicted octanol–water partition coefficient (Wildman–Crippen LogP) is 8.43. The predicted molar refractivity (Wildman–Crippen MR) is 132 cm³/mol. The molecule has 5 rings (SSSR count). The second-order valence-corrected chi connectivity index (χ2v) is 7.53. The Morgan fingerprint density at radius 1 is 0.355 bits per heavy atom. The smallest absolute Gasteiger partial charge is 0.0464 e. The number of rotatable bonds is 5. The summed E-state index contributed by atoms with van der Waals surface area (Å²) in [5.41, 5.74) is 9.45. The van der Waals surface area contributed by atoms with Gasteiger partial charge in [0.05, 0.1) is 0 Å². The van der Waals surface area contributed by atoms with Crippen LogP contribution in [0.4, 0.5) is 11.4 Å². The lowest BCUT2D eigenvalue weighted by Crippen LogP contribution is -1.95. The maximum atomic E-state index is 3.66. The van der Waals surface area contributed by atoms with Crippen LogP contribution in [0.1, 0.15) is 0 Å². The van der Waals surface area contributed by atoms with Crippen molar-refractivity contribution in [1.29, 1.82) is 0 Å². The lowest BCUT2D eigenvalue weighted by Gasteiger charge is -2.16. The fraction of sp³-hybridized carbons (Fsp3) is 0. The third kappa shape index (κ3) is 4.12. The first-order chi connectivity index (χ1) is 15.4. The first-order valence-corrected chi connectivity index (χ1v) is 10.5. The minimum absolute atomic E-state index is 1.07. The highest BCUT2D eigenvalue weighted by Gasteiger charge is 2.11. The molecule has 1 heteroatoms. The van der Waals surface area contributed by atoms with Gasteiger partial charge in [-0.1, -0.05) is 115 Å². The van der Waals surface area contributed by atoms with Gasteiger partial charge in [0.1, 0.15) is 0 Å². The standard InChI is InChI=1S/C30H23N/c1-3-12-23(13-4-1)25-16-11-17-26(22-25)31-30-21-10-9-20-29(30)28-19-8-7-18-27(28)24-14-5-2-6-15-24/h1-22,31H. The van der Waals surface area contributed by atoms with E-state index in [1.165, 1.54) is 33.4 Å². The summed E-state index contributed by atoms with van der Waals surface area (Å²) < 4.78 is 0. The van der Waals surface area contributed by atoms with E-state index in [0.29, 0.717) is 0 Å². The first-order valence-electron chi connectivity index (χ1n) is 10.5. The van der Waals surface area contributed by atoms with Gasteiger partial charge in [0.2, 0.25) is 0 Å². The van der Waals surface area contributed by atoms with Gasteiger partial charge in [-0.2, -0.15) is 0 Å². The number of nitrogens with one attached hydrogen (secondary N) is 1. The molecule has 0 amide bonds. The van der Waals surface area contributed by atoms with E-state index in [4.69, 9.17) is 0 Å². The highest BCUT2D eigenvalue weighted by Crippen LogP contribution is 2.37. The largest absolute Gasteiger partial charge is 0.355 e. The van der Waals surface area contributed by atoms with Gasteiger partial charge in [0.25, 0.3) is 0 Å². The van der Waals surface area contributed by atoms with E-state index in [0.717, 1.165) is 11.4 Å². The average Bonchev–Trinajstić information content (AvgIpc) is 2.86. The van der Waals surface area contributed by atoms with Crippen molar-refractivity contribution in [2.75, 3.05) is 5.32 Å². The van der Waals surface area contributed by atoms with Gasteiger partial charge in [0.15, 0.2) is 0 Å². The van der Waals surface area contributed by atoms with Crippen molar-refractivity contribution in [2.45, 2.75) is 0 Å². The van der Waals surface area contributed by atoms with Crippen LogP contribution in [0.15, 0.2) is 133 Å². The van der Waals surface area contributed by atoms with Crippen molar-refractivity contribution >= 4 is 11.4 Å². The molecule has 31 heavy (non-hydrogen) atoms. The zero-order valence-electron chi connectivity index (χ0n) is 17.2. The third-order valence-corrected chi connectivity index (χ3v) is 5.48. The summed E-state index contributed by atoms with van der Waals surface area (Å²) in [5.74, 6) is 0. The maximum absolute atomic E-state index is 3.66. The van der Waals surface area contributed by atoms with Crippen molar-refractivity contribution in [2.24, 2.45) is 0 Å². The Hall–Kier alpha value is -4.10. The van der Waals surface area contributed by atoms with E-state index in [-0.39, 0.29) is 0 Å². The molecular formula is C30H23N. The monoisotopic (exact) mass is 397 g/mol. The molecule has 0 saturated heterocycles. The van der Waals surface area contributed by atoms with Crippen LogP contribution >= 0.6 is 0 Å². The molecule has 0 heterocycles. The lowest BCUT2D eigenvalue weighted by atomic mass is 9.93. The Kier molecular flexibility index (Phi) is 5.32. The summed E-state index contributed by atoms with van der Waals surface area (Å²) in [5, 5.41) is 3.66. The van der Waals surface area contributed by atoms with Gasteiger partial charge >= 0.3 is 0 Å². The van der Waals surface area contributed by atoms with Crippen molar-refractivity contribution in [3.8, 4) is 33.4 Å². The van der Waals surface area contributed by atoms with Gasteiger partial charge in [0, 0.05) is 16.9 Å². The minimum atomic E-state index is 1.07. The van der Waals surface area contributed by atoms with E-state index in [1.807, 2.05) is 6.07 Å². The van der Waals surface area contributed by atoms with E-state index >= 15 is 0 Å². The molecule has 0 aliphatic carbocycles. The van der Waals surface area contributed by atoms with Crippen LogP contribution in [0.5, 0.6) is 0 Å². The van der Waals surface area contributed by atoms with Crippen LogP contribution in [0, 0.1) is 0 Å². The van der Waals surface area contributed by atoms with Crippen molar-refractivity contribution in [3.63, 3.8) is 0 Å². The van der Waals surface area contributed by atoms with E-state index in [9.17, 15) is 0 Å². The molecule has 5 aromatic rings. The van der Waals surface area contributed by atoms with Crippen LogP contribution in [0.2, 0.25) is 0 Å². The fourth-order valence-corrected chi connectivity index (χ4v) is 3.98. The number of hydrogen-bond acceptors (Lipinski definition) is 1. The van der Waals surface area contributed by atoms with E-state index < -0.39 is 0 Å². The van der Waals surface area contributed by atoms with Crippen LogP contribution in [0.25, 0.3) is 33.4 Å². The van der Waals surface area contributed by atoms with Crippen molar-refractivity contribution in [3.05, 3.63) is 133 Å². The van der Waals surface area contributed by atoms with Crippen LogP contribution in [-0.2, 0) is 0 Å². The molecule has 0 bridgehead atoms. The molecule has 0 atom stereocenters. The molecule has 148 valence electrons. The Bertz CT molecular complexity index is 1290. The Morgan fingerprint density at radius 3 is 1.65 bits per heavy atom. The number of benzene rings is 5. The fourth-order valence-electron chi connectivity index (χ4n) is 3.98. The Balaban J connectivity index is 1.54. The zero-order chi connectivity index (χ0) is 20.9. The number of hydrogen-bond donors (Lipinski definition) is 1. The second kappa shape index (κ2) is 8.73. The van der Waals surface area contributed by atoms with Gasteiger partial charge in [-0.3, -0.25) is 0 Å². The van der Waals surface area contributed by atoms with Crippen molar-refractivity contribution in [1.82, 2.24) is 0 Å². The molecule has 0 radical (unpaired) electrons. The molecule has 0 saturated carbocycles. The summed E-state index contributed by atoms with van der Waals surface area (Å²) >= 11 is 0. The summed E-state index contributed by atoms with van der Waals surface area (Å²) in [4.78, 5) is 0.